The maximum Gasteiger partial charge on any atom is 0.293 e. The van der Waals surface area contributed by atoms with Crippen molar-refractivity contribution in [3.8, 4) is 0 Å². The smallest absolute Gasteiger partial charge is 0.293 e. The Hall–Kier alpha value is -2.71. The number of carbonyl (C=O) groups excluding carboxylic acids is 2. The van der Waals surface area contributed by atoms with Gasteiger partial charge in [-0.25, -0.2) is 4.98 Å². The molecule has 1 atom stereocenters. The first kappa shape index (κ1) is 15.2. The maximum atomic E-state index is 12.3. The molecule has 3 rings (SSSR count). The van der Waals surface area contributed by atoms with Crippen LogP contribution in [-0.2, 0) is 14.1 Å². The van der Waals surface area contributed by atoms with Crippen LogP contribution in [0.15, 0.2) is 18.6 Å². The van der Waals surface area contributed by atoms with Crippen LogP contribution >= 0.6 is 0 Å². The molecular formula is C14H19N7O2. The minimum atomic E-state index is -0.193. The van der Waals surface area contributed by atoms with E-state index in [1.165, 1.54) is 11.0 Å². The molecule has 1 N–H and O–H groups in total. The van der Waals surface area contributed by atoms with Crippen LogP contribution in [0.1, 0.15) is 27.5 Å². The third-order valence-electron chi connectivity index (χ3n) is 3.86. The molecule has 1 unspecified atom stereocenters. The average Bonchev–Trinajstić information content (AvgIpc) is 3.25. The number of aromatic nitrogens is 5. The molecule has 23 heavy (non-hydrogen) atoms. The fourth-order valence-corrected chi connectivity index (χ4v) is 2.63. The predicted molar refractivity (Wildman–Crippen MR) is 80.6 cm³/mol. The van der Waals surface area contributed by atoms with Gasteiger partial charge in [-0.3, -0.25) is 19.0 Å². The number of hydrogen-bond acceptors (Lipinski definition) is 5. The van der Waals surface area contributed by atoms with Crippen molar-refractivity contribution in [2.75, 3.05) is 19.6 Å². The Kier molecular flexibility index (Phi) is 4.09. The summed E-state index contributed by atoms with van der Waals surface area (Å²) in [6.45, 7) is 1.77. The van der Waals surface area contributed by atoms with Gasteiger partial charge >= 0.3 is 0 Å². The van der Waals surface area contributed by atoms with Crippen molar-refractivity contribution in [2.24, 2.45) is 20.0 Å². The lowest BCUT2D eigenvalue weighted by molar-refractivity contribution is 0.0775. The summed E-state index contributed by atoms with van der Waals surface area (Å²) in [5, 5.41) is 11.0. The highest BCUT2D eigenvalue weighted by atomic mass is 16.2. The van der Waals surface area contributed by atoms with Crippen molar-refractivity contribution in [1.82, 2.24) is 34.8 Å². The maximum absolute atomic E-state index is 12.3. The van der Waals surface area contributed by atoms with Crippen LogP contribution in [0.3, 0.4) is 0 Å². The number of carbonyl (C=O) groups is 2. The summed E-state index contributed by atoms with van der Waals surface area (Å²) in [5.41, 5.74) is 0.399. The van der Waals surface area contributed by atoms with Gasteiger partial charge < -0.3 is 10.2 Å². The van der Waals surface area contributed by atoms with E-state index in [1.54, 1.807) is 35.9 Å². The third kappa shape index (κ3) is 3.38. The number of hydrogen-bond donors (Lipinski definition) is 1. The van der Waals surface area contributed by atoms with Gasteiger partial charge in [-0.05, 0) is 18.4 Å². The highest BCUT2D eigenvalue weighted by Gasteiger charge is 2.29. The first-order valence-electron chi connectivity index (χ1n) is 7.45. The molecule has 1 saturated heterocycles. The zero-order valence-corrected chi connectivity index (χ0v) is 13.1. The number of nitrogens with one attached hydrogen (secondary N) is 1. The summed E-state index contributed by atoms with van der Waals surface area (Å²) >= 11 is 0. The van der Waals surface area contributed by atoms with Crippen LogP contribution < -0.4 is 5.32 Å². The van der Waals surface area contributed by atoms with Crippen LogP contribution in [0.4, 0.5) is 0 Å². The lowest BCUT2D eigenvalue weighted by Gasteiger charge is -2.14. The number of likely N-dealkylation sites (tertiary alicyclic amines) is 1. The third-order valence-corrected chi connectivity index (χ3v) is 3.86. The predicted octanol–water partition coefficient (Wildman–Crippen LogP) is -0.559. The van der Waals surface area contributed by atoms with Crippen LogP contribution in [0.25, 0.3) is 0 Å². The van der Waals surface area contributed by atoms with E-state index in [0.717, 1.165) is 6.42 Å². The fourth-order valence-electron chi connectivity index (χ4n) is 2.63. The van der Waals surface area contributed by atoms with Crippen LogP contribution in [-0.4, -0.2) is 60.9 Å². The van der Waals surface area contributed by atoms with Crippen LogP contribution in [0, 0.1) is 5.92 Å². The lowest BCUT2D eigenvalue weighted by Crippen LogP contribution is -2.33. The minimum Gasteiger partial charge on any atom is -0.350 e. The van der Waals surface area contributed by atoms with Crippen molar-refractivity contribution < 1.29 is 9.59 Å². The molecule has 9 heteroatoms. The molecule has 2 amide bonds. The van der Waals surface area contributed by atoms with Gasteiger partial charge in [0.05, 0.1) is 0 Å². The van der Waals surface area contributed by atoms with Gasteiger partial charge in [0.15, 0.2) is 0 Å². The van der Waals surface area contributed by atoms with Crippen molar-refractivity contribution in [3.63, 3.8) is 0 Å². The summed E-state index contributed by atoms with van der Waals surface area (Å²) in [6, 6.07) is 1.67. The van der Waals surface area contributed by atoms with Gasteiger partial charge in [0.25, 0.3) is 11.8 Å². The molecule has 0 spiro atoms. The Morgan fingerprint density at radius 1 is 1.30 bits per heavy atom. The quantitative estimate of drug-likeness (QED) is 0.815. The number of amides is 2. The second-order valence-corrected chi connectivity index (χ2v) is 5.73. The minimum absolute atomic E-state index is 0.163. The van der Waals surface area contributed by atoms with Gasteiger partial charge in [0, 0.05) is 39.9 Å². The summed E-state index contributed by atoms with van der Waals surface area (Å²) in [6.07, 6.45) is 4.08. The highest BCUT2D eigenvalue weighted by Crippen LogP contribution is 2.17. The first-order valence-corrected chi connectivity index (χ1v) is 7.45. The molecule has 0 bridgehead atoms. The van der Waals surface area contributed by atoms with Crippen molar-refractivity contribution in [3.05, 3.63) is 30.1 Å². The lowest BCUT2D eigenvalue weighted by atomic mass is 10.1. The van der Waals surface area contributed by atoms with Gasteiger partial charge in [-0.15, -0.1) is 5.10 Å². The topological polar surface area (TPSA) is 97.9 Å². The zero-order chi connectivity index (χ0) is 16.4. The SMILES string of the molecule is Cn1ccc(C(=O)NCC2CCN(C(=O)c3ncn(C)n3)C2)n1. The summed E-state index contributed by atoms with van der Waals surface area (Å²) < 4.78 is 3.10. The Labute approximate surface area is 133 Å². The van der Waals surface area contributed by atoms with Gasteiger partial charge in [0.1, 0.15) is 12.0 Å². The molecule has 0 aliphatic carbocycles. The van der Waals surface area contributed by atoms with E-state index < -0.39 is 0 Å². The largest absolute Gasteiger partial charge is 0.350 e. The van der Waals surface area contributed by atoms with E-state index in [0.29, 0.717) is 25.3 Å². The average molecular weight is 317 g/mol. The molecule has 0 aromatic carbocycles. The molecule has 1 aliphatic rings. The van der Waals surface area contributed by atoms with Crippen molar-refractivity contribution in [2.45, 2.75) is 6.42 Å². The molecule has 1 fully saturated rings. The summed E-state index contributed by atoms with van der Waals surface area (Å²) in [7, 11) is 3.49. The zero-order valence-electron chi connectivity index (χ0n) is 13.1. The van der Waals surface area contributed by atoms with E-state index in [4.69, 9.17) is 0 Å². The Morgan fingerprint density at radius 2 is 2.13 bits per heavy atom. The molecular weight excluding hydrogens is 298 g/mol. The Morgan fingerprint density at radius 3 is 2.78 bits per heavy atom. The molecule has 2 aromatic rings. The number of nitrogens with zero attached hydrogens (tertiary/aromatic N) is 6. The van der Waals surface area contributed by atoms with Crippen LogP contribution in [0.5, 0.6) is 0 Å². The molecule has 1 aliphatic heterocycles. The fraction of sp³-hybridized carbons (Fsp3) is 0.500. The monoisotopic (exact) mass is 317 g/mol. The normalized spacial score (nSPS) is 17.5. The molecule has 0 saturated carbocycles. The van der Waals surface area contributed by atoms with E-state index in [2.05, 4.69) is 20.5 Å². The van der Waals surface area contributed by atoms with Crippen molar-refractivity contribution in [1.29, 1.82) is 0 Å². The second-order valence-electron chi connectivity index (χ2n) is 5.73. The molecule has 9 nitrogen and oxygen atoms in total. The molecule has 2 aromatic heterocycles. The van der Waals surface area contributed by atoms with E-state index >= 15 is 0 Å². The van der Waals surface area contributed by atoms with Crippen LogP contribution in [0.2, 0.25) is 0 Å². The van der Waals surface area contributed by atoms with Gasteiger partial charge in [-0.1, -0.05) is 0 Å². The van der Waals surface area contributed by atoms with Gasteiger partial charge in [-0.2, -0.15) is 5.10 Å². The van der Waals surface area contributed by atoms with E-state index in [-0.39, 0.29) is 23.6 Å². The Bertz CT molecular complexity index is 720. The van der Waals surface area contributed by atoms with E-state index in [1.807, 2.05) is 0 Å². The summed E-state index contributed by atoms with van der Waals surface area (Å²) in [4.78, 5) is 29.9. The number of aryl methyl sites for hydroxylation is 2. The number of rotatable bonds is 4. The second kappa shape index (κ2) is 6.19. The highest BCUT2D eigenvalue weighted by molar-refractivity contribution is 5.92. The van der Waals surface area contributed by atoms with Crippen molar-refractivity contribution >= 4 is 11.8 Å². The first-order chi connectivity index (χ1) is 11.0. The molecule has 3 heterocycles. The molecule has 122 valence electrons. The standard InChI is InChI=1S/C14H19N7O2/c1-19-5-4-11(17-19)13(22)15-7-10-3-6-21(8-10)14(23)12-16-9-20(2)18-12/h4-5,9-10H,3,6-8H2,1-2H3,(H,15,22). The molecule has 0 radical (unpaired) electrons. The van der Waals surface area contributed by atoms with E-state index in [9.17, 15) is 9.59 Å². The Balaban J connectivity index is 1.50. The summed E-state index contributed by atoms with van der Waals surface area (Å²) in [5.74, 6) is 0.0897. The van der Waals surface area contributed by atoms with Gasteiger partial charge in [0.2, 0.25) is 5.82 Å².